The van der Waals surface area contributed by atoms with E-state index in [2.05, 4.69) is 5.32 Å². The number of hydrogen-bond acceptors (Lipinski definition) is 5. The molecule has 0 aliphatic carbocycles. The lowest BCUT2D eigenvalue weighted by Crippen LogP contribution is -2.26. The minimum absolute atomic E-state index is 0.262. The van der Waals surface area contributed by atoms with Crippen LogP contribution in [0.3, 0.4) is 0 Å². The maximum Gasteiger partial charge on any atom is 0.251 e. The van der Waals surface area contributed by atoms with Crippen LogP contribution >= 0.6 is 0 Å². The van der Waals surface area contributed by atoms with Crippen molar-refractivity contribution in [1.29, 1.82) is 0 Å². The van der Waals surface area contributed by atoms with Gasteiger partial charge in [0.2, 0.25) is 5.75 Å². The third kappa shape index (κ3) is 4.66. The van der Waals surface area contributed by atoms with Crippen molar-refractivity contribution in [2.45, 2.75) is 13.0 Å². The molecule has 1 heterocycles. The molecule has 0 aliphatic heterocycles. The van der Waals surface area contributed by atoms with E-state index in [1.807, 2.05) is 34.9 Å². The summed E-state index contributed by atoms with van der Waals surface area (Å²) in [6.45, 7) is 0.694. The zero-order valence-electron chi connectivity index (χ0n) is 19.3. The van der Waals surface area contributed by atoms with Crippen molar-refractivity contribution in [2.75, 3.05) is 27.9 Å². The molecule has 1 N–H and O–H groups in total. The van der Waals surface area contributed by atoms with Crippen LogP contribution in [0.2, 0.25) is 0 Å². The van der Waals surface area contributed by atoms with Crippen LogP contribution in [-0.4, -0.2) is 43.3 Å². The van der Waals surface area contributed by atoms with E-state index in [-0.39, 0.29) is 11.7 Å². The highest BCUT2D eigenvalue weighted by Gasteiger charge is 2.18. The van der Waals surface area contributed by atoms with Gasteiger partial charge in [-0.05, 0) is 30.3 Å². The van der Waals surface area contributed by atoms with E-state index in [0.29, 0.717) is 47.9 Å². The Bertz CT molecular complexity index is 1290. The van der Waals surface area contributed by atoms with Crippen molar-refractivity contribution in [3.8, 4) is 17.2 Å². The minimum atomic E-state index is -0.281. The van der Waals surface area contributed by atoms with Crippen molar-refractivity contribution >= 4 is 16.9 Å². The molecule has 0 bridgehead atoms. The van der Waals surface area contributed by atoms with Crippen LogP contribution in [0.1, 0.15) is 21.7 Å². The maximum absolute atomic E-state index is 14.3. The molecular weight excluding hydrogens is 437 g/mol. The first kappa shape index (κ1) is 23.1. The first-order valence-electron chi connectivity index (χ1n) is 10.8. The van der Waals surface area contributed by atoms with Crippen LogP contribution in [0.4, 0.5) is 4.39 Å². The molecule has 0 saturated heterocycles. The maximum atomic E-state index is 14.3. The number of nitrogens with one attached hydrogen (secondary N) is 1. The van der Waals surface area contributed by atoms with Gasteiger partial charge in [0.25, 0.3) is 5.91 Å². The van der Waals surface area contributed by atoms with Gasteiger partial charge in [0.15, 0.2) is 11.5 Å². The highest BCUT2D eigenvalue weighted by atomic mass is 19.1. The molecule has 3 aromatic carbocycles. The van der Waals surface area contributed by atoms with Gasteiger partial charge >= 0.3 is 0 Å². The predicted molar refractivity (Wildman–Crippen MR) is 127 cm³/mol. The molecule has 1 aromatic heterocycles. The third-order valence-electron chi connectivity index (χ3n) is 5.58. The Morgan fingerprint density at radius 1 is 0.971 bits per heavy atom. The van der Waals surface area contributed by atoms with Gasteiger partial charge in [0, 0.05) is 24.1 Å². The Hall–Kier alpha value is -4.07. The number of amides is 1. The quantitative estimate of drug-likeness (QED) is 0.402. The summed E-state index contributed by atoms with van der Waals surface area (Å²) in [5.41, 5.74) is 2.70. The Labute approximate surface area is 197 Å². The van der Waals surface area contributed by atoms with Crippen LogP contribution in [-0.2, 0) is 13.0 Å². The molecule has 7 nitrogen and oxygen atoms in total. The fraction of sp³-hybridized carbons (Fsp3) is 0.231. The number of ether oxygens (including phenoxy) is 3. The van der Waals surface area contributed by atoms with Crippen molar-refractivity contribution in [3.05, 3.63) is 83.4 Å². The summed E-state index contributed by atoms with van der Waals surface area (Å²) in [6.07, 6.45) is 0.472. The number of hydrogen-bond donors (Lipinski definition) is 1. The van der Waals surface area contributed by atoms with Gasteiger partial charge in [-0.2, -0.15) is 0 Å². The average Bonchev–Trinajstić information content (AvgIpc) is 3.21. The largest absolute Gasteiger partial charge is 0.493 e. The molecule has 0 radical (unpaired) electrons. The Kier molecular flexibility index (Phi) is 6.96. The molecule has 1 amide bonds. The number of fused-ring (bicyclic) bond motifs is 1. The number of nitrogens with zero attached hydrogens (tertiary/aromatic N) is 2. The van der Waals surface area contributed by atoms with E-state index in [1.165, 1.54) is 27.4 Å². The van der Waals surface area contributed by atoms with Gasteiger partial charge in [-0.25, -0.2) is 9.37 Å². The SMILES string of the molecule is COc1cc(C(=O)NCCc2nc3ccccc3n2Cc2ccccc2F)cc(OC)c1OC. The first-order valence-corrected chi connectivity index (χ1v) is 10.8. The van der Waals surface area contributed by atoms with Crippen molar-refractivity contribution in [2.24, 2.45) is 0 Å². The van der Waals surface area contributed by atoms with Crippen LogP contribution in [0.15, 0.2) is 60.7 Å². The van der Waals surface area contributed by atoms with Gasteiger partial charge in [0.05, 0.1) is 38.9 Å². The Balaban J connectivity index is 1.53. The summed E-state index contributed by atoms with van der Waals surface area (Å²) in [4.78, 5) is 17.5. The second-order valence-corrected chi connectivity index (χ2v) is 7.61. The molecule has 4 rings (SSSR count). The number of imidazole rings is 1. The summed E-state index contributed by atoms with van der Waals surface area (Å²) in [6, 6.07) is 17.6. The normalized spacial score (nSPS) is 10.8. The lowest BCUT2D eigenvalue weighted by molar-refractivity contribution is 0.0953. The predicted octanol–water partition coefficient (Wildman–Crippen LogP) is 4.22. The minimum Gasteiger partial charge on any atom is -0.493 e. The van der Waals surface area contributed by atoms with E-state index < -0.39 is 0 Å². The summed E-state index contributed by atoms with van der Waals surface area (Å²) >= 11 is 0. The van der Waals surface area contributed by atoms with Crippen LogP contribution in [0.5, 0.6) is 17.2 Å². The summed E-state index contributed by atoms with van der Waals surface area (Å²) < 4.78 is 32.3. The van der Waals surface area contributed by atoms with E-state index >= 15 is 0 Å². The second kappa shape index (κ2) is 10.2. The molecule has 34 heavy (non-hydrogen) atoms. The molecule has 0 atom stereocenters. The molecule has 0 unspecified atom stereocenters. The van der Waals surface area contributed by atoms with Gasteiger partial charge < -0.3 is 24.1 Å². The molecule has 0 fully saturated rings. The average molecular weight is 464 g/mol. The lowest BCUT2D eigenvalue weighted by atomic mass is 10.1. The lowest BCUT2D eigenvalue weighted by Gasteiger charge is -2.14. The summed E-state index contributed by atoms with van der Waals surface area (Å²) in [5, 5.41) is 2.92. The fourth-order valence-electron chi connectivity index (χ4n) is 3.89. The topological polar surface area (TPSA) is 74.6 Å². The first-order chi connectivity index (χ1) is 16.5. The molecule has 4 aromatic rings. The number of carbonyl (C=O) groups is 1. The van der Waals surface area contributed by atoms with E-state index in [4.69, 9.17) is 19.2 Å². The number of carbonyl (C=O) groups excluding carboxylic acids is 1. The number of methoxy groups -OCH3 is 3. The van der Waals surface area contributed by atoms with E-state index in [9.17, 15) is 9.18 Å². The Morgan fingerprint density at radius 3 is 2.32 bits per heavy atom. The highest BCUT2D eigenvalue weighted by Crippen LogP contribution is 2.38. The Morgan fingerprint density at radius 2 is 1.65 bits per heavy atom. The molecule has 0 saturated carbocycles. The van der Waals surface area contributed by atoms with E-state index in [1.54, 1.807) is 24.3 Å². The highest BCUT2D eigenvalue weighted by molar-refractivity contribution is 5.95. The van der Waals surface area contributed by atoms with Crippen LogP contribution in [0.25, 0.3) is 11.0 Å². The third-order valence-corrected chi connectivity index (χ3v) is 5.58. The van der Waals surface area contributed by atoms with Crippen LogP contribution < -0.4 is 19.5 Å². The summed E-state index contributed by atoms with van der Waals surface area (Å²) in [7, 11) is 4.51. The fourth-order valence-corrected chi connectivity index (χ4v) is 3.89. The number of rotatable bonds is 9. The zero-order chi connectivity index (χ0) is 24.1. The molecular formula is C26H26FN3O4. The standard InChI is InChI=1S/C26H26FN3O4/c1-32-22-14-18(15-23(33-2)25(22)34-3)26(31)28-13-12-24-29-20-10-6-7-11-21(20)30(24)16-17-8-4-5-9-19(17)27/h4-11,14-15H,12-13,16H2,1-3H3,(H,28,31). The smallest absolute Gasteiger partial charge is 0.251 e. The van der Waals surface area contributed by atoms with Crippen LogP contribution in [0, 0.1) is 5.82 Å². The van der Waals surface area contributed by atoms with Crippen molar-refractivity contribution in [1.82, 2.24) is 14.9 Å². The number of para-hydroxylation sites is 2. The monoisotopic (exact) mass is 463 g/mol. The number of benzene rings is 3. The summed E-state index contributed by atoms with van der Waals surface area (Å²) in [5.74, 6) is 1.44. The van der Waals surface area contributed by atoms with Crippen molar-refractivity contribution < 1.29 is 23.4 Å². The van der Waals surface area contributed by atoms with E-state index in [0.717, 1.165) is 16.9 Å². The number of aromatic nitrogens is 2. The van der Waals surface area contributed by atoms with Gasteiger partial charge in [-0.1, -0.05) is 30.3 Å². The molecule has 0 aliphatic rings. The van der Waals surface area contributed by atoms with Gasteiger partial charge in [-0.15, -0.1) is 0 Å². The second-order valence-electron chi connectivity index (χ2n) is 7.61. The van der Waals surface area contributed by atoms with Crippen molar-refractivity contribution in [3.63, 3.8) is 0 Å². The van der Waals surface area contributed by atoms with Gasteiger partial charge in [0.1, 0.15) is 11.6 Å². The zero-order valence-corrected chi connectivity index (χ0v) is 19.3. The molecule has 8 heteroatoms. The number of halogens is 1. The van der Waals surface area contributed by atoms with Gasteiger partial charge in [-0.3, -0.25) is 4.79 Å². The molecule has 176 valence electrons. The molecule has 0 spiro atoms.